The molecule has 0 bridgehead atoms. The van der Waals surface area contributed by atoms with Crippen LogP contribution in [0.3, 0.4) is 0 Å². The summed E-state index contributed by atoms with van der Waals surface area (Å²) in [6.45, 7) is 8.73. The Balaban J connectivity index is 2.23. The van der Waals surface area contributed by atoms with Crippen molar-refractivity contribution >= 4 is 16.8 Å². The van der Waals surface area contributed by atoms with Crippen LogP contribution in [0.2, 0.25) is 0 Å². The lowest BCUT2D eigenvalue weighted by Gasteiger charge is -2.09. The highest BCUT2D eigenvalue weighted by Gasteiger charge is 2.13. The number of nitrogens with two attached hydrogens (primary N) is 1. The number of hydrogen-bond donors (Lipinski definition) is 2. The number of fused-ring (bicyclic) bond motifs is 1. The number of primary amides is 1. The molecule has 1 atom stereocenters. The van der Waals surface area contributed by atoms with Crippen LogP contribution >= 0.6 is 0 Å². The minimum atomic E-state index is -0.257. The van der Waals surface area contributed by atoms with E-state index in [0.717, 1.165) is 18.6 Å². The quantitative estimate of drug-likeness (QED) is 0.822. The second-order valence-corrected chi connectivity index (χ2v) is 6.15. The molecule has 114 valence electrons. The van der Waals surface area contributed by atoms with Crippen molar-refractivity contribution < 1.29 is 4.79 Å². The van der Waals surface area contributed by atoms with Crippen LogP contribution in [-0.2, 0) is 17.9 Å². The smallest absolute Gasteiger partial charge is 0.222 e. The molecule has 21 heavy (non-hydrogen) atoms. The lowest BCUT2D eigenvalue weighted by molar-refractivity contribution is -0.121. The van der Waals surface area contributed by atoms with E-state index in [1.165, 1.54) is 10.9 Å². The lowest BCUT2D eigenvalue weighted by Crippen LogP contribution is -2.24. The Bertz CT molecular complexity index is 616. The molecule has 0 saturated heterocycles. The summed E-state index contributed by atoms with van der Waals surface area (Å²) in [5, 5.41) is 4.72. The third-order valence-electron chi connectivity index (χ3n) is 3.70. The standard InChI is InChI=1S/C17H25N3O/c1-12(2)8-19-9-14-11-20(10-13(3)17(18)21)16-7-5-4-6-15(14)16/h4-7,11-13,19H,8-10H2,1-3H3,(H2,18,21). The molecule has 2 aromatic rings. The minimum absolute atomic E-state index is 0.169. The summed E-state index contributed by atoms with van der Waals surface area (Å²) in [5.41, 5.74) is 7.81. The van der Waals surface area contributed by atoms with Gasteiger partial charge in [-0.05, 0) is 24.1 Å². The number of carbonyl (C=O) groups is 1. The molecule has 0 saturated carbocycles. The second-order valence-electron chi connectivity index (χ2n) is 6.15. The van der Waals surface area contributed by atoms with E-state index in [9.17, 15) is 4.79 Å². The zero-order chi connectivity index (χ0) is 15.4. The molecule has 1 aromatic heterocycles. The van der Waals surface area contributed by atoms with Gasteiger partial charge in [-0.1, -0.05) is 39.0 Å². The molecule has 1 heterocycles. The number of amides is 1. The third-order valence-corrected chi connectivity index (χ3v) is 3.70. The van der Waals surface area contributed by atoms with Gasteiger partial charge in [0.2, 0.25) is 5.91 Å². The molecule has 1 amide bonds. The first-order valence-corrected chi connectivity index (χ1v) is 7.55. The molecule has 1 aromatic carbocycles. The summed E-state index contributed by atoms with van der Waals surface area (Å²) in [5.74, 6) is 0.206. The maximum Gasteiger partial charge on any atom is 0.222 e. The Morgan fingerprint density at radius 2 is 2.00 bits per heavy atom. The van der Waals surface area contributed by atoms with Crippen LogP contribution in [-0.4, -0.2) is 17.0 Å². The zero-order valence-corrected chi connectivity index (χ0v) is 13.1. The van der Waals surface area contributed by atoms with E-state index in [1.807, 2.05) is 13.0 Å². The van der Waals surface area contributed by atoms with E-state index < -0.39 is 0 Å². The molecule has 1 unspecified atom stereocenters. The molecule has 0 fully saturated rings. The Hall–Kier alpha value is -1.81. The Kier molecular flexibility index (Phi) is 5.02. The second kappa shape index (κ2) is 6.76. The Labute approximate surface area is 126 Å². The number of carbonyl (C=O) groups excluding carboxylic acids is 1. The molecule has 3 N–H and O–H groups in total. The summed E-state index contributed by atoms with van der Waals surface area (Å²) in [4.78, 5) is 11.3. The molecule has 0 spiro atoms. The van der Waals surface area contributed by atoms with E-state index in [1.54, 1.807) is 0 Å². The van der Waals surface area contributed by atoms with E-state index in [-0.39, 0.29) is 11.8 Å². The van der Waals surface area contributed by atoms with Gasteiger partial charge in [-0.3, -0.25) is 4.79 Å². The number of aromatic nitrogens is 1. The maximum atomic E-state index is 11.3. The van der Waals surface area contributed by atoms with Crippen LogP contribution in [0.5, 0.6) is 0 Å². The van der Waals surface area contributed by atoms with E-state index in [0.29, 0.717) is 12.5 Å². The van der Waals surface area contributed by atoms with Crippen molar-refractivity contribution in [3.8, 4) is 0 Å². The first-order chi connectivity index (χ1) is 9.99. The monoisotopic (exact) mass is 287 g/mol. The molecule has 0 aliphatic rings. The Morgan fingerprint density at radius 3 is 2.67 bits per heavy atom. The van der Waals surface area contributed by atoms with Gasteiger partial charge in [0, 0.05) is 30.2 Å². The van der Waals surface area contributed by atoms with Crippen LogP contribution in [0, 0.1) is 11.8 Å². The van der Waals surface area contributed by atoms with Crippen molar-refractivity contribution in [3.05, 3.63) is 36.0 Å². The van der Waals surface area contributed by atoms with Crippen LogP contribution in [0.1, 0.15) is 26.3 Å². The lowest BCUT2D eigenvalue weighted by atomic mass is 10.1. The van der Waals surface area contributed by atoms with Gasteiger partial charge in [-0.15, -0.1) is 0 Å². The largest absolute Gasteiger partial charge is 0.369 e. The molecule has 0 aliphatic heterocycles. The van der Waals surface area contributed by atoms with Crippen molar-refractivity contribution in [2.24, 2.45) is 17.6 Å². The average molecular weight is 287 g/mol. The highest BCUT2D eigenvalue weighted by Crippen LogP contribution is 2.22. The van der Waals surface area contributed by atoms with Crippen LogP contribution in [0.15, 0.2) is 30.5 Å². The van der Waals surface area contributed by atoms with Gasteiger partial charge in [-0.25, -0.2) is 0 Å². The van der Waals surface area contributed by atoms with Crippen molar-refractivity contribution in [1.82, 2.24) is 9.88 Å². The van der Waals surface area contributed by atoms with Gasteiger partial charge in [0.25, 0.3) is 0 Å². The molecule has 0 radical (unpaired) electrons. The number of nitrogens with one attached hydrogen (secondary N) is 1. The van der Waals surface area contributed by atoms with Gasteiger partial charge in [0.1, 0.15) is 0 Å². The summed E-state index contributed by atoms with van der Waals surface area (Å²) < 4.78 is 2.14. The zero-order valence-electron chi connectivity index (χ0n) is 13.1. The van der Waals surface area contributed by atoms with Crippen LogP contribution in [0.25, 0.3) is 10.9 Å². The summed E-state index contributed by atoms with van der Waals surface area (Å²) in [6, 6.07) is 8.30. The summed E-state index contributed by atoms with van der Waals surface area (Å²) >= 11 is 0. The summed E-state index contributed by atoms with van der Waals surface area (Å²) in [6.07, 6.45) is 2.14. The summed E-state index contributed by atoms with van der Waals surface area (Å²) in [7, 11) is 0. The number of rotatable bonds is 7. The number of para-hydroxylation sites is 1. The van der Waals surface area contributed by atoms with E-state index >= 15 is 0 Å². The van der Waals surface area contributed by atoms with Crippen molar-refractivity contribution in [2.75, 3.05) is 6.54 Å². The van der Waals surface area contributed by atoms with Gasteiger partial charge in [0.15, 0.2) is 0 Å². The first-order valence-electron chi connectivity index (χ1n) is 7.55. The predicted molar refractivity (Wildman–Crippen MR) is 86.8 cm³/mol. The number of nitrogens with zero attached hydrogens (tertiary/aromatic N) is 1. The topological polar surface area (TPSA) is 60.1 Å². The SMILES string of the molecule is CC(C)CNCc1cn(CC(C)C(N)=O)c2ccccc12. The fraction of sp³-hybridized carbons (Fsp3) is 0.471. The molecule has 0 aliphatic carbocycles. The third kappa shape index (κ3) is 3.85. The molecule has 2 rings (SSSR count). The average Bonchev–Trinajstić information content (AvgIpc) is 2.77. The minimum Gasteiger partial charge on any atom is -0.369 e. The van der Waals surface area contributed by atoms with Gasteiger partial charge in [-0.2, -0.15) is 0 Å². The molecular weight excluding hydrogens is 262 g/mol. The fourth-order valence-electron chi connectivity index (χ4n) is 2.50. The van der Waals surface area contributed by atoms with Gasteiger partial charge in [0.05, 0.1) is 5.92 Å². The van der Waals surface area contributed by atoms with E-state index in [4.69, 9.17) is 5.73 Å². The predicted octanol–water partition coefficient (Wildman–Crippen LogP) is 2.51. The van der Waals surface area contributed by atoms with Crippen molar-refractivity contribution in [3.63, 3.8) is 0 Å². The molecule has 4 nitrogen and oxygen atoms in total. The number of benzene rings is 1. The molecular formula is C17H25N3O. The highest BCUT2D eigenvalue weighted by molar-refractivity contribution is 5.84. The molecule has 4 heteroatoms. The van der Waals surface area contributed by atoms with Crippen molar-refractivity contribution in [2.45, 2.75) is 33.9 Å². The van der Waals surface area contributed by atoms with E-state index in [2.05, 4.69) is 48.1 Å². The fourth-order valence-corrected chi connectivity index (χ4v) is 2.50. The normalized spacial score (nSPS) is 13.0. The van der Waals surface area contributed by atoms with Crippen LogP contribution < -0.4 is 11.1 Å². The highest BCUT2D eigenvalue weighted by atomic mass is 16.1. The van der Waals surface area contributed by atoms with Gasteiger partial charge < -0.3 is 15.6 Å². The first kappa shape index (κ1) is 15.6. The number of hydrogen-bond acceptors (Lipinski definition) is 2. The van der Waals surface area contributed by atoms with Crippen molar-refractivity contribution in [1.29, 1.82) is 0 Å². The van der Waals surface area contributed by atoms with Crippen LogP contribution in [0.4, 0.5) is 0 Å². The maximum absolute atomic E-state index is 11.3. The van der Waals surface area contributed by atoms with Gasteiger partial charge >= 0.3 is 0 Å². The Morgan fingerprint density at radius 1 is 1.29 bits per heavy atom.